The van der Waals surface area contributed by atoms with Crippen LogP contribution in [0.1, 0.15) is 38.4 Å². The Bertz CT molecular complexity index is 357. The molecule has 0 radical (unpaired) electrons. The van der Waals surface area contributed by atoms with E-state index in [9.17, 15) is 0 Å². The third kappa shape index (κ3) is 3.22. The molecule has 17 heavy (non-hydrogen) atoms. The van der Waals surface area contributed by atoms with Gasteiger partial charge in [-0.05, 0) is 34.2 Å². The first-order valence-corrected chi connectivity index (χ1v) is 6.47. The molecular formula is C13H26N4. The quantitative estimate of drug-likeness (QED) is 0.826. The molecule has 0 fully saturated rings. The molecule has 0 saturated carbocycles. The van der Waals surface area contributed by atoms with Crippen molar-refractivity contribution in [1.29, 1.82) is 0 Å². The van der Waals surface area contributed by atoms with Crippen molar-refractivity contribution in [3.8, 4) is 0 Å². The standard InChI is InChI=1S/C13H26N4/c1-7-10(3)16(5)9-12-11(4)15-17(6)13(12)14-8-2/h10,14H,7-9H2,1-6H3. The number of aryl methyl sites for hydroxylation is 2. The summed E-state index contributed by atoms with van der Waals surface area (Å²) in [5.41, 5.74) is 2.44. The van der Waals surface area contributed by atoms with Crippen LogP contribution < -0.4 is 5.32 Å². The minimum Gasteiger partial charge on any atom is -0.370 e. The fraction of sp³-hybridized carbons (Fsp3) is 0.769. The van der Waals surface area contributed by atoms with Crippen LogP contribution in [-0.4, -0.2) is 34.3 Å². The Hall–Kier alpha value is -1.03. The molecule has 1 aromatic heterocycles. The highest BCUT2D eigenvalue weighted by atomic mass is 15.3. The molecule has 98 valence electrons. The average molecular weight is 238 g/mol. The van der Waals surface area contributed by atoms with Crippen LogP contribution in [0.4, 0.5) is 5.82 Å². The zero-order valence-electron chi connectivity index (χ0n) is 12.0. The maximum Gasteiger partial charge on any atom is 0.128 e. The number of hydrogen-bond acceptors (Lipinski definition) is 3. The SMILES string of the molecule is CCNc1c(CN(C)C(C)CC)c(C)nn1C. The van der Waals surface area contributed by atoms with Crippen LogP contribution in [0.15, 0.2) is 0 Å². The molecule has 0 aliphatic carbocycles. The maximum absolute atomic E-state index is 4.50. The third-order valence-electron chi connectivity index (χ3n) is 3.44. The van der Waals surface area contributed by atoms with Crippen LogP contribution in [-0.2, 0) is 13.6 Å². The van der Waals surface area contributed by atoms with E-state index in [1.165, 1.54) is 12.0 Å². The molecule has 0 aliphatic heterocycles. The summed E-state index contributed by atoms with van der Waals surface area (Å²) < 4.78 is 1.94. The lowest BCUT2D eigenvalue weighted by atomic mass is 10.1. The Labute approximate surface area is 105 Å². The molecule has 1 heterocycles. The van der Waals surface area contributed by atoms with Gasteiger partial charge in [0.15, 0.2) is 0 Å². The van der Waals surface area contributed by atoms with E-state index in [-0.39, 0.29) is 0 Å². The number of nitrogens with one attached hydrogen (secondary N) is 1. The molecule has 0 bridgehead atoms. The van der Waals surface area contributed by atoms with E-state index in [0.717, 1.165) is 24.6 Å². The molecule has 1 rings (SSSR count). The number of nitrogens with zero attached hydrogens (tertiary/aromatic N) is 3. The van der Waals surface area contributed by atoms with Gasteiger partial charge in [0.25, 0.3) is 0 Å². The van der Waals surface area contributed by atoms with Gasteiger partial charge in [-0.1, -0.05) is 6.92 Å². The summed E-state index contributed by atoms with van der Waals surface area (Å²) in [5.74, 6) is 1.15. The van der Waals surface area contributed by atoms with Crippen molar-refractivity contribution >= 4 is 5.82 Å². The lowest BCUT2D eigenvalue weighted by Gasteiger charge is -2.24. The Morgan fingerprint density at radius 3 is 2.59 bits per heavy atom. The second-order valence-electron chi connectivity index (χ2n) is 4.74. The largest absolute Gasteiger partial charge is 0.370 e. The van der Waals surface area contributed by atoms with Crippen molar-refractivity contribution in [2.45, 2.75) is 46.7 Å². The Kier molecular flexibility index (Phi) is 5.00. The number of rotatable bonds is 6. The first-order valence-electron chi connectivity index (χ1n) is 6.47. The van der Waals surface area contributed by atoms with Crippen LogP contribution in [0.25, 0.3) is 0 Å². The lowest BCUT2D eigenvalue weighted by molar-refractivity contribution is 0.244. The molecule has 1 atom stereocenters. The first-order chi connectivity index (χ1) is 8.01. The molecule has 4 nitrogen and oxygen atoms in total. The van der Waals surface area contributed by atoms with Crippen molar-refractivity contribution in [1.82, 2.24) is 14.7 Å². The normalized spacial score (nSPS) is 13.1. The van der Waals surface area contributed by atoms with E-state index >= 15 is 0 Å². The second kappa shape index (κ2) is 6.05. The molecular weight excluding hydrogens is 212 g/mol. The number of hydrogen-bond donors (Lipinski definition) is 1. The predicted molar refractivity (Wildman–Crippen MR) is 73.3 cm³/mol. The van der Waals surface area contributed by atoms with Gasteiger partial charge in [0.05, 0.1) is 5.69 Å². The molecule has 0 spiro atoms. The van der Waals surface area contributed by atoms with E-state index in [4.69, 9.17) is 0 Å². The summed E-state index contributed by atoms with van der Waals surface area (Å²) in [6.07, 6.45) is 1.17. The van der Waals surface area contributed by atoms with Crippen molar-refractivity contribution in [2.75, 3.05) is 18.9 Å². The highest BCUT2D eigenvalue weighted by molar-refractivity contribution is 5.47. The summed E-state index contributed by atoms with van der Waals surface area (Å²) in [6, 6.07) is 0.601. The Morgan fingerprint density at radius 1 is 1.41 bits per heavy atom. The van der Waals surface area contributed by atoms with Gasteiger partial charge in [-0.25, -0.2) is 0 Å². The summed E-state index contributed by atoms with van der Waals surface area (Å²) in [4.78, 5) is 2.38. The van der Waals surface area contributed by atoms with E-state index in [0.29, 0.717) is 6.04 Å². The monoisotopic (exact) mass is 238 g/mol. The zero-order valence-corrected chi connectivity index (χ0v) is 12.0. The van der Waals surface area contributed by atoms with Crippen molar-refractivity contribution in [2.24, 2.45) is 7.05 Å². The topological polar surface area (TPSA) is 33.1 Å². The molecule has 1 unspecified atom stereocenters. The van der Waals surface area contributed by atoms with Crippen molar-refractivity contribution in [3.63, 3.8) is 0 Å². The smallest absolute Gasteiger partial charge is 0.128 e. The summed E-state index contributed by atoms with van der Waals surface area (Å²) in [7, 11) is 4.17. The van der Waals surface area contributed by atoms with Crippen LogP contribution in [0, 0.1) is 6.92 Å². The molecule has 1 aromatic rings. The molecule has 4 heteroatoms. The maximum atomic E-state index is 4.50. The summed E-state index contributed by atoms with van der Waals surface area (Å²) in [5, 5.41) is 7.90. The van der Waals surface area contributed by atoms with Gasteiger partial charge >= 0.3 is 0 Å². The van der Waals surface area contributed by atoms with Crippen molar-refractivity contribution in [3.05, 3.63) is 11.3 Å². The summed E-state index contributed by atoms with van der Waals surface area (Å²) >= 11 is 0. The first kappa shape index (κ1) is 14.0. The minimum absolute atomic E-state index is 0.601. The molecule has 0 aliphatic rings. The van der Waals surface area contributed by atoms with Gasteiger partial charge in [0.1, 0.15) is 5.82 Å². The van der Waals surface area contributed by atoms with Crippen LogP contribution >= 0.6 is 0 Å². The van der Waals surface area contributed by atoms with Crippen LogP contribution in [0.3, 0.4) is 0 Å². The van der Waals surface area contributed by atoms with Gasteiger partial charge in [-0.15, -0.1) is 0 Å². The van der Waals surface area contributed by atoms with E-state index in [1.807, 2.05) is 11.7 Å². The van der Waals surface area contributed by atoms with E-state index in [2.05, 4.69) is 50.1 Å². The highest BCUT2D eigenvalue weighted by Crippen LogP contribution is 2.21. The minimum atomic E-state index is 0.601. The van der Waals surface area contributed by atoms with Gasteiger partial charge in [0.2, 0.25) is 0 Å². The van der Waals surface area contributed by atoms with Gasteiger partial charge < -0.3 is 5.32 Å². The Morgan fingerprint density at radius 2 is 2.06 bits per heavy atom. The highest BCUT2D eigenvalue weighted by Gasteiger charge is 2.16. The number of aromatic nitrogens is 2. The molecule has 0 aromatic carbocycles. The molecule has 1 N–H and O–H groups in total. The second-order valence-corrected chi connectivity index (χ2v) is 4.74. The Balaban J connectivity index is 2.89. The zero-order chi connectivity index (χ0) is 13.0. The van der Waals surface area contributed by atoms with E-state index < -0.39 is 0 Å². The van der Waals surface area contributed by atoms with Crippen LogP contribution in [0.2, 0.25) is 0 Å². The fourth-order valence-electron chi connectivity index (χ4n) is 2.00. The lowest BCUT2D eigenvalue weighted by Crippen LogP contribution is -2.28. The summed E-state index contributed by atoms with van der Waals surface area (Å²) in [6.45, 7) is 10.6. The van der Waals surface area contributed by atoms with Gasteiger partial charge in [-0.3, -0.25) is 9.58 Å². The average Bonchev–Trinajstić information content (AvgIpc) is 2.55. The van der Waals surface area contributed by atoms with E-state index in [1.54, 1.807) is 0 Å². The van der Waals surface area contributed by atoms with Gasteiger partial charge in [-0.2, -0.15) is 5.10 Å². The van der Waals surface area contributed by atoms with Crippen molar-refractivity contribution < 1.29 is 0 Å². The molecule has 0 saturated heterocycles. The van der Waals surface area contributed by atoms with Crippen LogP contribution in [0.5, 0.6) is 0 Å². The third-order valence-corrected chi connectivity index (χ3v) is 3.44. The number of anilines is 1. The fourth-order valence-corrected chi connectivity index (χ4v) is 2.00. The predicted octanol–water partition coefficient (Wildman–Crippen LogP) is 2.39. The molecule has 0 amide bonds. The van der Waals surface area contributed by atoms with Gasteiger partial charge in [0, 0.05) is 31.7 Å².